The van der Waals surface area contributed by atoms with Crippen LogP contribution < -0.4 is 5.32 Å². The molecule has 0 aliphatic rings. The molecule has 2 nitrogen and oxygen atoms in total. The van der Waals surface area contributed by atoms with Gasteiger partial charge in [0.2, 0.25) is 0 Å². The summed E-state index contributed by atoms with van der Waals surface area (Å²) in [6.07, 6.45) is 7.54. The summed E-state index contributed by atoms with van der Waals surface area (Å²) in [5.74, 6) is 0. The molecule has 0 heterocycles. The number of methoxy groups -OCH3 is 1. The van der Waals surface area contributed by atoms with E-state index >= 15 is 0 Å². The lowest BCUT2D eigenvalue weighted by molar-refractivity contribution is 0.202. The van der Waals surface area contributed by atoms with Crippen LogP contribution in [-0.4, -0.2) is 20.8 Å². The Morgan fingerprint density at radius 1 is 1.11 bits per heavy atom. The van der Waals surface area contributed by atoms with Gasteiger partial charge in [0.15, 0.2) is 0 Å². The van der Waals surface area contributed by atoms with Crippen LogP contribution >= 0.6 is 0 Å². The van der Waals surface area contributed by atoms with Gasteiger partial charge in [0.05, 0.1) is 6.61 Å². The van der Waals surface area contributed by atoms with Gasteiger partial charge >= 0.3 is 0 Å². The molecular weight excluding hydrogens is 234 g/mol. The highest BCUT2D eigenvalue weighted by Gasteiger charge is 2.08. The smallest absolute Gasteiger partial charge is 0.0502 e. The molecule has 1 aromatic rings. The fourth-order valence-electron chi connectivity index (χ4n) is 2.39. The summed E-state index contributed by atoms with van der Waals surface area (Å²) in [6.45, 7) is 3.06. The van der Waals surface area contributed by atoms with Crippen LogP contribution in [0.15, 0.2) is 24.3 Å². The second-order valence-electron chi connectivity index (χ2n) is 5.17. The number of ether oxygens (including phenoxy) is 1. The van der Waals surface area contributed by atoms with Crippen LogP contribution in [0.1, 0.15) is 56.2 Å². The van der Waals surface area contributed by atoms with Crippen molar-refractivity contribution in [2.24, 2.45) is 0 Å². The van der Waals surface area contributed by atoms with E-state index in [-0.39, 0.29) is 0 Å². The van der Waals surface area contributed by atoms with Gasteiger partial charge in [0.1, 0.15) is 0 Å². The molecule has 1 aromatic carbocycles. The topological polar surface area (TPSA) is 21.3 Å². The predicted octanol–water partition coefficient (Wildman–Crippen LogP) is 4.11. The first-order chi connectivity index (χ1) is 9.31. The van der Waals surface area contributed by atoms with Crippen LogP contribution in [0.25, 0.3) is 0 Å². The lowest BCUT2D eigenvalue weighted by atomic mass is 9.98. The van der Waals surface area contributed by atoms with Crippen molar-refractivity contribution < 1.29 is 4.74 Å². The third kappa shape index (κ3) is 6.22. The normalized spacial score (nSPS) is 12.6. The van der Waals surface area contributed by atoms with Gasteiger partial charge in [-0.25, -0.2) is 0 Å². The van der Waals surface area contributed by atoms with Crippen molar-refractivity contribution >= 4 is 0 Å². The summed E-state index contributed by atoms with van der Waals surface area (Å²) in [5.41, 5.74) is 2.76. The van der Waals surface area contributed by atoms with E-state index < -0.39 is 0 Å². The molecule has 0 aromatic heterocycles. The number of benzene rings is 1. The lowest BCUT2D eigenvalue weighted by Crippen LogP contribution is -2.16. The first-order valence-electron chi connectivity index (χ1n) is 7.56. The van der Waals surface area contributed by atoms with E-state index in [1.165, 1.54) is 43.2 Å². The summed E-state index contributed by atoms with van der Waals surface area (Å²) in [7, 11) is 3.81. The van der Waals surface area contributed by atoms with E-state index in [1.54, 1.807) is 7.11 Å². The molecule has 0 amide bonds. The molecule has 1 unspecified atom stereocenters. The molecule has 0 fully saturated rings. The van der Waals surface area contributed by atoms with E-state index in [4.69, 9.17) is 4.74 Å². The van der Waals surface area contributed by atoms with E-state index in [9.17, 15) is 0 Å². The molecule has 0 aliphatic heterocycles. The molecule has 0 aliphatic carbocycles. The number of nitrogens with one attached hydrogen (secondary N) is 1. The molecule has 0 saturated carbocycles. The minimum atomic E-state index is 0.494. The van der Waals surface area contributed by atoms with E-state index in [2.05, 4.69) is 43.6 Å². The molecule has 1 atom stereocenters. The number of hydrogen-bond donors (Lipinski definition) is 1. The van der Waals surface area contributed by atoms with Gasteiger partial charge in [0, 0.05) is 13.2 Å². The molecule has 2 heteroatoms. The van der Waals surface area contributed by atoms with Crippen LogP contribution in [0.5, 0.6) is 0 Å². The van der Waals surface area contributed by atoms with Gasteiger partial charge in [-0.05, 0) is 31.0 Å². The van der Waals surface area contributed by atoms with Gasteiger partial charge in [-0.1, -0.05) is 56.9 Å². The predicted molar refractivity (Wildman–Crippen MR) is 82.6 cm³/mol. The Morgan fingerprint density at radius 3 is 2.42 bits per heavy atom. The minimum absolute atomic E-state index is 0.494. The fraction of sp³-hybridized carbons (Fsp3) is 0.647. The first-order valence-corrected chi connectivity index (χ1v) is 7.56. The van der Waals surface area contributed by atoms with Crippen molar-refractivity contribution in [3.05, 3.63) is 35.4 Å². The Bertz CT molecular complexity index is 321. The SMILES string of the molecule is CCCCCCC(NC)c1ccc(CCOC)cc1. The van der Waals surface area contributed by atoms with Gasteiger partial charge in [-0.15, -0.1) is 0 Å². The number of unbranched alkanes of at least 4 members (excludes halogenated alkanes) is 3. The molecular formula is C17H29NO. The average molecular weight is 263 g/mol. The van der Waals surface area contributed by atoms with Crippen LogP contribution in [0.4, 0.5) is 0 Å². The summed E-state index contributed by atoms with van der Waals surface area (Å²) in [6, 6.07) is 9.46. The third-order valence-electron chi connectivity index (χ3n) is 3.67. The number of hydrogen-bond acceptors (Lipinski definition) is 2. The summed E-state index contributed by atoms with van der Waals surface area (Å²) >= 11 is 0. The maximum atomic E-state index is 5.11. The van der Waals surface area contributed by atoms with Gasteiger partial charge < -0.3 is 10.1 Å². The van der Waals surface area contributed by atoms with E-state index in [0.717, 1.165) is 13.0 Å². The zero-order chi connectivity index (χ0) is 13.9. The average Bonchev–Trinajstić information content (AvgIpc) is 2.46. The zero-order valence-corrected chi connectivity index (χ0v) is 12.7. The summed E-state index contributed by atoms with van der Waals surface area (Å²) in [4.78, 5) is 0. The Kier molecular flexibility index (Phi) is 8.52. The maximum absolute atomic E-state index is 5.11. The molecule has 1 N–H and O–H groups in total. The highest BCUT2D eigenvalue weighted by molar-refractivity contribution is 5.25. The van der Waals surface area contributed by atoms with E-state index in [1.807, 2.05) is 0 Å². The molecule has 0 saturated heterocycles. The maximum Gasteiger partial charge on any atom is 0.0502 e. The van der Waals surface area contributed by atoms with Gasteiger partial charge in [0.25, 0.3) is 0 Å². The van der Waals surface area contributed by atoms with Crippen LogP contribution in [0.2, 0.25) is 0 Å². The lowest BCUT2D eigenvalue weighted by Gasteiger charge is -2.17. The van der Waals surface area contributed by atoms with Crippen molar-refractivity contribution in [3.8, 4) is 0 Å². The zero-order valence-electron chi connectivity index (χ0n) is 12.7. The monoisotopic (exact) mass is 263 g/mol. The first kappa shape index (κ1) is 16.2. The highest BCUT2D eigenvalue weighted by Crippen LogP contribution is 2.20. The molecule has 108 valence electrons. The van der Waals surface area contributed by atoms with E-state index in [0.29, 0.717) is 6.04 Å². The Labute approximate surface area is 118 Å². The Hall–Kier alpha value is -0.860. The fourth-order valence-corrected chi connectivity index (χ4v) is 2.39. The van der Waals surface area contributed by atoms with Crippen molar-refractivity contribution in [2.45, 2.75) is 51.5 Å². The van der Waals surface area contributed by atoms with Crippen molar-refractivity contribution in [1.82, 2.24) is 5.32 Å². The van der Waals surface area contributed by atoms with Gasteiger partial charge in [-0.3, -0.25) is 0 Å². The van der Waals surface area contributed by atoms with Crippen molar-refractivity contribution in [2.75, 3.05) is 20.8 Å². The molecule has 0 bridgehead atoms. The minimum Gasteiger partial charge on any atom is -0.384 e. The molecule has 0 radical (unpaired) electrons. The van der Waals surface area contributed by atoms with Crippen LogP contribution in [0, 0.1) is 0 Å². The molecule has 19 heavy (non-hydrogen) atoms. The second kappa shape index (κ2) is 9.99. The molecule has 0 spiro atoms. The number of rotatable bonds is 10. The van der Waals surface area contributed by atoms with Gasteiger partial charge in [-0.2, -0.15) is 0 Å². The molecule has 1 rings (SSSR count). The van der Waals surface area contributed by atoms with Crippen LogP contribution in [-0.2, 0) is 11.2 Å². The summed E-state index contributed by atoms with van der Waals surface area (Å²) in [5, 5.41) is 3.43. The quantitative estimate of drug-likeness (QED) is 0.642. The Balaban J connectivity index is 2.46. The Morgan fingerprint density at radius 2 is 1.84 bits per heavy atom. The highest BCUT2D eigenvalue weighted by atomic mass is 16.5. The summed E-state index contributed by atoms with van der Waals surface area (Å²) < 4.78 is 5.11. The van der Waals surface area contributed by atoms with Crippen molar-refractivity contribution in [1.29, 1.82) is 0 Å². The van der Waals surface area contributed by atoms with Crippen LogP contribution in [0.3, 0.4) is 0 Å². The second-order valence-corrected chi connectivity index (χ2v) is 5.17. The largest absolute Gasteiger partial charge is 0.384 e. The van der Waals surface area contributed by atoms with Crippen molar-refractivity contribution in [3.63, 3.8) is 0 Å². The standard InChI is InChI=1S/C17H29NO/c1-4-5-6-7-8-17(18-2)16-11-9-15(10-12-16)13-14-19-3/h9-12,17-18H,4-8,13-14H2,1-3H3. The third-order valence-corrected chi connectivity index (χ3v) is 3.67.